The molecule has 0 aliphatic heterocycles. The molecule has 6 nitrogen and oxygen atoms in total. The smallest absolute Gasteiger partial charge is 0.325 e. The summed E-state index contributed by atoms with van der Waals surface area (Å²) in [4.78, 5) is 24.1. The van der Waals surface area contributed by atoms with Gasteiger partial charge in [0.2, 0.25) is 0 Å². The van der Waals surface area contributed by atoms with Crippen LogP contribution in [0.2, 0.25) is 0 Å². The van der Waals surface area contributed by atoms with Gasteiger partial charge in [-0.15, -0.1) is 0 Å². The molecule has 0 heterocycles. The lowest BCUT2D eigenvalue weighted by molar-refractivity contribution is -0.143. The van der Waals surface area contributed by atoms with Gasteiger partial charge in [0.1, 0.15) is 6.54 Å². The summed E-state index contributed by atoms with van der Waals surface area (Å²) in [7, 11) is 1.54. The van der Waals surface area contributed by atoms with Crippen LogP contribution in [0.15, 0.2) is 0 Å². The van der Waals surface area contributed by atoms with E-state index in [1.165, 1.54) is 4.90 Å². The predicted molar refractivity (Wildman–Crippen MR) is 59.2 cm³/mol. The molecule has 1 N–H and O–H groups in total. The molecule has 0 aromatic rings. The highest BCUT2D eigenvalue weighted by Gasteiger charge is 2.16. The van der Waals surface area contributed by atoms with E-state index in [0.717, 1.165) is 0 Å². The summed E-state index contributed by atoms with van der Waals surface area (Å²) in [5.41, 5.74) is 0. The zero-order chi connectivity index (χ0) is 12.4. The number of rotatable bonds is 7. The minimum absolute atomic E-state index is 0.0525. The fourth-order valence-corrected chi connectivity index (χ4v) is 1.08. The van der Waals surface area contributed by atoms with E-state index in [2.05, 4.69) is 5.32 Å². The SMILES string of the molecule is CCNC(=O)N(CCOC)CC(=O)OCC. The fourth-order valence-electron chi connectivity index (χ4n) is 1.08. The van der Waals surface area contributed by atoms with E-state index >= 15 is 0 Å². The lowest BCUT2D eigenvalue weighted by atomic mass is 10.5. The first kappa shape index (κ1) is 14.7. The van der Waals surface area contributed by atoms with Gasteiger partial charge in [0.15, 0.2) is 0 Å². The zero-order valence-electron chi connectivity index (χ0n) is 10.1. The van der Waals surface area contributed by atoms with Gasteiger partial charge in [0, 0.05) is 20.2 Å². The summed E-state index contributed by atoms with van der Waals surface area (Å²) in [6.07, 6.45) is 0. The van der Waals surface area contributed by atoms with Crippen LogP contribution >= 0.6 is 0 Å². The van der Waals surface area contributed by atoms with E-state index < -0.39 is 5.97 Å². The Morgan fingerprint density at radius 3 is 2.50 bits per heavy atom. The Morgan fingerprint density at radius 2 is 2.00 bits per heavy atom. The number of carbonyl (C=O) groups is 2. The molecule has 0 bridgehead atoms. The van der Waals surface area contributed by atoms with E-state index in [1.807, 2.05) is 6.92 Å². The van der Waals surface area contributed by atoms with Crippen molar-refractivity contribution in [1.29, 1.82) is 0 Å². The second-order valence-electron chi connectivity index (χ2n) is 3.05. The van der Waals surface area contributed by atoms with Crippen molar-refractivity contribution < 1.29 is 19.1 Å². The molecule has 94 valence electrons. The van der Waals surface area contributed by atoms with E-state index in [-0.39, 0.29) is 12.6 Å². The Hall–Kier alpha value is -1.30. The van der Waals surface area contributed by atoms with Crippen molar-refractivity contribution in [2.24, 2.45) is 0 Å². The number of nitrogens with one attached hydrogen (secondary N) is 1. The third kappa shape index (κ3) is 6.23. The van der Waals surface area contributed by atoms with Crippen LogP contribution in [0.3, 0.4) is 0 Å². The van der Waals surface area contributed by atoms with Gasteiger partial charge in [-0.05, 0) is 13.8 Å². The molecule has 0 saturated heterocycles. The fraction of sp³-hybridized carbons (Fsp3) is 0.800. The van der Waals surface area contributed by atoms with Gasteiger partial charge >= 0.3 is 12.0 Å². The van der Waals surface area contributed by atoms with E-state index in [0.29, 0.717) is 26.3 Å². The maximum absolute atomic E-state index is 11.5. The molecular formula is C10H20N2O4. The summed E-state index contributed by atoms with van der Waals surface area (Å²) in [5, 5.41) is 2.63. The summed E-state index contributed by atoms with van der Waals surface area (Å²) >= 11 is 0. The van der Waals surface area contributed by atoms with Gasteiger partial charge in [-0.1, -0.05) is 0 Å². The molecule has 0 aromatic heterocycles. The van der Waals surface area contributed by atoms with Gasteiger partial charge in [0.05, 0.1) is 13.2 Å². The molecule has 6 heteroatoms. The second kappa shape index (κ2) is 8.96. The number of hydrogen-bond donors (Lipinski definition) is 1. The number of urea groups is 1. The number of carbonyl (C=O) groups excluding carboxylic acids is 2. The molecular weight excluding hydrogens is 212 g/mol. The quantitative estimate of drug-likeness (QED) is 0.638. The van der Waals surface area contributed by atoms with Crippen molar-refractivity contribution in [3.63, 3.8) is 0 Å². The Morgan fingerprint density at radius 1 is 1.31 bits per heavy atom. The highest BCUT2D eigenvalue weighted by atomic mass is 16.5. The molecule has 2 amide bonds. The van der Waals surface area contributed by atoms with Crippen molar-refractivity contribution in [1.82, 2.24) is 10.2 Å². The van der Waals surface area contributed by atoms with Gasteiger partial charge in [0.25, 0.3) is 0 Å². The van der Waals surface area contributed by atoms with Gasteiger partial charge in [-0.2, -0.15) is 0 Å². The summed E-state index contributed by atoms with van der Waals surface area (Å²) in [5.74, 6) is -0.412. The zero-order valence-corrected chi connectivity index (χ0v) is 10.1. The maximum atomic E-state index is 11.5. The first-order valence-corrected chi connectivity index (χ1v) is 5.33. The van der Waals surface area contributed by atoms with Crippen LogP contribution in [-0.4, -0.2) is 56.9 Å². The van der Waals surface area contributed by atoms with Crippen LogP contribution in [-0.2, 0) is 14.3 Å². The number of amides is 2. The van der Waals surface area contributed by atoms with Crippen molar-refractivity contribution in [2.45, 2.75) is 13.8 Å². The number of methoxy groups -OCH3 is 1. The standard InChI is InChI=1S/C10H20N2O4/c1-4-11-10(14)12(6-7-15-3)8-9(13)16-5-2/h4-8H2,1-3H3,(H,11,14). The molecule has 0 spiro atoms. The van der Waals surface area contributed by atoms with E-state index in [9.17, 15) is 9.59 Å². The molecule has 0 radical (unpaired) electrons. The molecule has 0 saturated carbocycles. The van der Waals surface area contributed by atoms with Crippen molar-refractivity contribution >= 4 is 12.0 Å². The van der Waals surface area contributed by atoms with Crippen LogP contribution in [0.25, 0.3) is 0 Å². The van der Waals surface area contributed by atoms with Crippen LogP contribution in [0.5, 0.6) is 0 Å². The summed E-state index contributed by atoms with van der Waals surface area (Å²) < 4.78 is 9.65. The maximum Gasteiger partial charge on any atom is 0.325 e. The van der Waals surface area contributed by atoms with E-state index in [4.69, 9.17) is 9.47 Å². The Kier molecular flexibility index (Phi) is 8.24. The first-order valence-electron chi connectivity index (χ1n) is 5.33. The van der Waals surface area contributed by atoms with Gasteiger partial charge in [-0.3, -0.25) is 4.79 Å². The lowest BCUT2D eigenvalue weighted by Crippen LogP contribution is -2.44. The number of hydrogen-bond acceptors (Lipinski definition) is 4. The first-order chi connectivity index (χ1) is 7.65. The molecule has 16 heavy (non-hydrogen) atoms. The van der Waals surface area contributed by atoms with Crippen molar-refractivity contribution in [2.75, 3.05) is 40.0 Å². The van der Waals surface area contributed by atoms with Crippen LogP contribution in [0, 0.1) is 0 Å². The van der Waals surface area contributed by atoms with Gasteiger partial charge < -0.3 is 19.7 Å². The molecule has 0 aliphatic rings. The number of esters is 1. The highest BCUT2D eigenvalue weighted by molar-refractivity contribution is 5.80. The Labute approximate surface area is 95.9 Å². The van der Waals surface area contributed by atoms with Crippen molar-refractivity contribution in [3.05, 3.63) is 0 Å². The minimum Gasteiger partial charge on any atom is -0.465 e. The van der Waals surface area contributed by atoms with Crippen LogP contribution in [0.1, 0.15) is 13.8 Å². The Bertz CT molecular complexity index is 221. The predicted octanol–water partition coefficient (Wildman–Crippen LogP) is 0.227. The molecule has 0 atom stereocenters. The summed E-state index contributed by atoms with van der Waals surface area (Å²) in [6, 6.07) is -0.285. The van der Waals surface area contributed by atoms with Crippen molar-refractivity contribution in [3.8, 4) is 0 Å². The molecule has 0 rings (SSSR count). The molecule has 0 aromatic carbocycles. The number of nitrogens with zero attached hydrogens (tertiary/aromatic N) is 1. The largest absolute Gasteiger partial charge is 0.465 e. The second-order valence-corrected chi connectivity index (χ2v) is 3.05. The average Bonchev–Trinajstić information content (AvgIpc) is 2.24. The third-order valence-electron chi connectivity index (χ3n) is 1.81. The average molecular weight is 232 g/mol. The molecule has 0 fully saturated rings. The normalized spacial score (nSPS) is 9.69. The monoisotopic (exact) mass is 232 g/mol. The topological polar surface area (TPSA) is 67.9 Å². The van der Waals surface area contributed by atoms with E-state index in [1.54, 1.807) is 14.0 Å². The number of ether oxygens (including phenoxy) is 2. The third-order valence-corrected chi connectivity index (χ3v) is 1.81. The van der Waals surface area contributed by atoms with Crippen LogP contribution in [0.4, 0.5) is 4.79 Å². The summed E-state index contributed by atoms with van der Waals surface area (Å²) in [6.45, 7) is 5.07. The van der Waals surface area contributed by atoms with Gasteiger partial charge in [-0.25, -0.2) is 4.79 Å². The Balaban J connectivity index is 4.18. The van der Waals surface area contributed by atoms with Crippen LogP contribution < -0.4 is 5.32 Å². The molecule has 0 unspecified atom stereocenters. The minimum atomic E-state index is -0.412. The lowest BCUT2D eigenvalue weighted by Gasteiger charge is -2.21. The highest BCUT2D eigenvalue weighted by Crippen LogP contribution is 1.92. The molecule has 0 aliphatic carbocycles.